The van der Waals surface area contributed by atoms with E-state index in [2.05, 4.69) is 10.5 Å². The Labute approximate surface area is 144 Å². The molecule has 25 heavy (non-hydrogen) atoms. The van der Waals surface area contributed by atoms with Gasteiger partial charge >= 0.3 is 5.69 Å². The molecule has 0 aromatic heterocycles. The second-order valence-corrected chi connectivity index (χ2v) is 6.17. The number of nitrogens with zero attached hydrogens (tertiary/aromatic N) is 3. The molecule has 0 aliphatic carbocycles. The van der Waals surface area contributed by atoms with Crippen LogP contribution in [0.4, 0.5) is 17.1 Å². The molecule has 0 spiro atoms. The molecular weight excluding hydrogens is 324 g/mol. The van der Waals surface area contributed by atoms with Gasteiger partial charge in [-0.2, -0.15) is 5.10 Å². The first-order chi connectivity index (χ1) is 11.7. The third-order valence-electron chi connectivity index (χ3n) is 3.76. The monoisotopic (exact) mass is 342 g/mol. The van der Waals surface area contributed by atoms with Crippen molar-refractivity contribution >= 4 is 23.3 Å². The minimum atomic E-state index is -0.685. The molecule has 0 radical (unpaired) electrons. The highest BCUT2D eigenvalue weighted by Crippen LogP contribution is 2.29. The molecule has 8 heteroatoms. The van der Waals surface area contributed by atoms with Crippen LogP contribution in [0.2, 0.25) is 0 Å². The molecule has 0 aliphatic rings. The molecule has 0 saturated carbocycles. The summed E-state index contributed by atoms with van der Waals surface area (Å²) in [5.74, 6) is 0. The van der Waals surface area contributed by atoms with E-state index in [1.807, 2.05) is 45.0 Å². The summed E-state index contributed by atoms with van der Waals surface area (Å²) in [6.07, 6.45) is 1.64. The molecule has 0 heterocycles. The maximum absolute atomic E-state index is 11.1. The first-order valence-electron chi connectivity index (χ1n) is 7.51. The van der Waals surface area contributed by atoms with Crippen LogP contribution in [-0.4, -0.2) is 16.1 Å². The maximum Gasteiger partial charge on any atom is 0.301 e. The lowest BCUT2D eigenvalue weighted by atomic mass is 9.86. The molecule has 2 aromatic rings. The molecule has 0 bridgehead atoms. The van der Waals surface area contributed by atoms with E-state index in [0.29, 0.717) is 0 Å². The predicted molar refractivity (Wildman–Crippen MR) is 96.1 cm³/mol. The Hall–Kier alpha value is -3.29. The quantitative estimate of drug-likeness (QED) is 0.481. The molecule has 0 unspecified atom stereocenters. The molecule has 0 fully saturated rings. The number of hydrazone groups is 1. The van der Waals surface area contributed by atoms with Crippen molar-refractivity contribution in [3.63, 3.8) is 0 Å². The van der Waals surface area contributed by atoms with Crippen LogP contribution in [0.25, 0.3) is 0 Å². The highest BCUT2D eigenvalue weighted by molar-refractivity contribution is 5.74. The molecule has 2 aromatic carbocycles. The lowest BCUT2D eigenvalue weighted by Gasteiger charge is -2.20. The van der Waals surface area contributed by atoms with Crippen LogP contribution in [-0.2, 0) is 5.41 Å². The van der Waals surface area contributed by atoms with Crippen LogP contribution in [0.3, 0.4) is 0 Å². The van der Waals surface area contributed by atoms with E-state index in [9.17, 15) is 20.2 Å². The van der Waals surface area contributed by atoms with E-state index in [-0.39, 0.29) is 11.4 Å². The predicted octanol–water partition coefficient (Wildman–Crippen LogP) is 4.19. The molecule has 130 valence electrons. The van der Waals surface area contributed by atoms with E-state index in [0.717, 1.165) is 17.2 Å². The van der Waals surface area contributed by atoms with Crippen LogP contribution in [0.1, 0.15) is 25.0 Å². The zero-order valence-corrected chi connectivity index (χ0v) is 14.1. The van der Waals surface area contributed by atoms with E-state index in [1.54, 1.807) is 6.21 Å². The Morgan fingerprint density at radius 1 is 1.04 bits per heavy atom. The summed E-state index contributed by atoms with van der Waals surface area (Å²) in [6, 6.07) is 11.4. The molecule has 1 N–H and O–H groups in total. The van der Waals surface area contributed by atoms with Gasteiger partial charge in [0.15, 0.2) is 0 Å². The molecule has 8 nitrogen and oxygen atoms in total. The first-order valence-corrected chi connectivity index (χ1v) is 7.51. The van der Waals surface area contributed by atoms with Crippen molar-refractivity contribution in [2.45, 2.75) is 26.2 Å². The van der Waals surface area contributed by atoms with Crippen molar-refractivity contribution in [3.05, 3.63) is 73.8 Å². The average molecular weight is 342 g/mol. The van der Waals surface area contributed by atoms with Gasteiger partial charge in [-0.25, -0.2) is 0 Å². The van der Waals surface area contributed by atoms with Gasteiger partial charge in [0.05, 0.1) is 15.9 Å². The number of rotatable bonds is 6. The highest BCUT2D eigenvalue weighted by atomic mass is 16.6. The number of nitrogens with one attached hydrogen (secondary N) is 1. The van der Waals surface area contributed by atoms with Crippen molar-refractivity contribution in [2.24, 2.45) is 5.10 Å². The van der Waals surface area contributed by atoms with E-state index < -0.39 is 20.9 Å². The Kier molecular flexibility index (Phi) is 5.11. The minimum absolute atomic E-state index is 0.0894. The first kappa shape index (κ1) is 18.1. The number of nitro groups is 2. The van der Waals surface area contributed by atoms with Crippen LogP contribution < -0.4 is 5.43 Å². The van der Waals surface area contributed by atoms with Gasteiger partial charge in [0, 0.05) is 17.7 Å². The van der Waals surface area contributed by atoms with Crippen LogP contribution in [0.5, 0.6) is 0 Å². The largest absolute Gasteiger partial charge is 0.301 e. The van der Waals surface area contributed by atoms with Gasteiger partial charge in [-0.3, -0.25) is 25.7 Å². The smallest absolute Gasteiger partial charge is 0.272 e. The Morgan fingerprint density at radius 2 is 1.68 bits per heavy atom. The molecular formula is C17H18N4O4. The summed E-state index contributed by atoms with van der Waals surface area (Å²) in [4.78, 5) is 20.5. The van der Waals surface area contributed by atoms with E-state index in [1.165, 1.54) is 12.1 Å². The Morgan fingerprint density at radius 3 is 2.24 bits per heavy atom. The summed E-state index contributed by atoms with van der Waals surface area (Å²) in [5.41, 5.74) is 3.74. The normalized spacial score (nSPS) is 11.5. The van der Waals surface area contributed by atoms with Crippen LogP contribution in [0, 0.1) is 27.2 Å². The van der Waals surface area contributed by atoms with Crippen molar-refractivity contribution in [3.8, 4) is 0 Å². The van der Waals surface area contributed by atoms with Crippen molar-refractivity contribution in [1.82, 2.24) is 0 Å². The number of aryl methyl sites for hydroxylation is 1. The second kappa shape index (κ2) is 7.08. The second-order valence-electron chi connectivity index (χ2n) is 6.17. The summed E-state index contributed by atoms with van der Waals surface area (Å²) in [6.45, 7) is 5.93. The highest BCUT2D eigenvalue weighted by Gasteiger charge is 2.20. The minimum Gasteiger partial charge on any atom is -0.272 e. The maximum atomic E-state index is 11.1. The molecule has 0 aliphatic heterocycles. The fourth-order valence-electron chi connectivity index (χ4n) is 2.20. The van der Waals surface area contributed by atoms with Crippen molar-refractivity contribution in [1.29, 1.82) is 0 Å². The Bertz CT molecular complexity index is 829. The van der Waals surface area contributed by atoms with Crippen LogP contribution >= 0.6 is 0 Å². The van der Waals surface area contributed by atoms with Gasteiger partial charge in [-0.05, 0) is 18.6 Å². The summed E-state index contributed by atoms with van der Waals surface area (Å²) in [5, 5.41) is 25.9. The SMILES string of the molecule is Cc1ccc(C(C)(C)C=NNc2ccc([N+](=O)[O-])cc2[N+](=O)[O-])cc1. The third kappa shape index (κ3) is 4.37. The van der Waals surface area contributed by atoms with E-state index in [4.69, 9.17) is 0 Å². The zero-order valence-electron chi connectivity index (χ0n) is 14.1. The lowest BCUT2D eigenvalue weighted by Crippen LogP contribution is -2.19. The van der Waals surface area contributed by atoms with Gasteiger partial charge in [-0.15, -0.1) is 0 Å². The third-order valence-corrected chi connectivity index (χ3v) is 3.76. The number of non-ortho nitro benzene ring substituents is 1. The van der Waals surface area contributed by atoms with Gasteiger partial charge in [0.1, 0.15) is 5.69 Å². The fourth-order valence-corrected chi connectivity index (χ4v) is 2.20. The number of anilines is 1. The number of hydrogen-bond donors (Lipinski definition) is 1. The average Bonchev–Trinajstić information content (AvgIpc) is 2.55. The van der Waals surface area contributed by atoms with Crippen LogP contribution in [0.15, 0.2) is 47.6 Å². The van der Waals surface area contributed by atoms with Gasteiger partial charge < -0.3 is 0 Å². The molecule has 2 rings (SSSR count). The van der Waals surface area contributed by atoms with Crippen molar-refractivity contribution in [2.75, 3.05) is 5.43 Å². The number of nitro benzene ring substituents is 2. The Balaban J connectivity index is 2.22. The van der Waals surface area contributed by atoms with Gasteiger partial charge in [-0.1, -0.05) is 43.7 Å². The topological polar surface area (TPSA) is 111 Å². The molecule has 0 amide bonds. The molecule has 0 saturated heterocycles. The fraction of sp³-hybridized carbons (Fsp3) is 0.235. The lowest BCUT2D eigenvalue weighted by molar-refractivity contribution is -0.393. The summed E-state index contributed by atoms with van der Waals surface area (Å²) in [7, 11) is 0. The number of benzene rings is 2. The standard InChI is InChI=1S/C17H18N4O4/c1-12-4-6-13(7-5-12)17(2,3)11-18-19-15-9-8-14(20(22)23)10-16(15)21(24)25/h4-11,19H,1-3H3. The van der Waals surface area contributed by atoms with Gasteiger partial charge in [0.2, 0.25) is 0 Å². The van der Waals surface area contributed by atoms with Crippen molar-refractivity contribution < 1.29 is 9.85 Å². The zero-order chi connectivity index (χ0) is 18.6. The van der Waals surface area contributed by atoms with E-state index >= 15 is 0 Å². The molecule has 0 atom stereocenters. The summed E-state index contributed by atoms with van der Waals surface area (Å²) >= 11 is 0. The van der Waals surface area contributed by atoms with Gasteiger partial charge in [0.25, 0.3) is 5.69 Å². The number of hydrogen-bond acceptors (Lipinski definition) is 6. The summed E-state index contributed by atoms with van der Waals surface area (Å²) < 4.78 is 0.